The van der Waals surface area contributed by atoms with Gasteiger partial charge in [-0.2, -0.15) is 13.2 Å². The first-order valence-electron chi connectivity index (χ1n) is 8.69. The Kier molecular flexibility index (Phi) is 4.52. The summed E-state index contributed by atoms with van der Waals surface area (Å²) in [5, 5.41) is 2.12. The van der Waals surface area contributed by atoms with Crippen LogP contribution in [0.25, 0.3) is 0 Å². The van der Waals surface area contributed by atoms with Crippen LogP contribution in [0.2, 0.25) is 5.02 Å². The maximum Gasteiger partial charge on any atom is 0.416 e. The Morgan fingerprint density at radius 2 is 2.04 bits per heavy atom. The molecule has 1 saturated heterocycles. The number of anilines is 1. The summed E-state index contributed by atoms with van der Waals surface area (Å²) in [6.07, 6.45) is -3.39. The molecule has 1 N–H and O–H groups in total. The zero-order valence-electron chi connectivity index (χ0n) is 14.3. The lowest BCUT2D eigenvalue weighted by Crippen LogP contribution is -2.35. The van der Waals surface area contributed by atoms with Gasteiger partial charge in [0, 0.05) is 5.92 Å². The van der Waals surface area contributed by atoms with Crippen molar-refractivity contribution in [1.29, 1.82) is 0 Å². The van der Waals surface area contributed by atoms with E-state index in [1.807, 2.05) is 0 Å². The van der Waals surface area contributed by atoms with Crippen LogP contribution in [0.1, 0.15) is 18.4 Å². The number of fused-ring (bicyclic) bond motifs is 1. The van der Waals surface area contributed by atoms with Crippen molar-refractivity contribution < 1.29 is 37.0 Å². The number of carbonyl (C=O) groups is 3. The van der Waals surface area contributed by atoms with E-state index in [-0.39, 0.29) is 28.6 Å². The molecule has 1 amide bonds. The fourth-order valence-corrected chi connectivity index (χ4v) is 4.71. The first-order chi connectivity index (χ1) is 13.1. The molecule has 6 nitrogen and oxygen atoms in total. The quantitative estimate of drug-likeness (QED) is 0.761. The lowest BCUT2D eigenvalue weighted by atomic mass is 9.80. The Hall–Kier alpha value is -2.29. The van der Waals surface area contributed by atoms with Crippen LogP contribution in [-0.4, -0.2) is 30.6 Å². The second kappa shape index (κ2) is 6.65. The Bertz CT molecular complexity index is 856. The predicted molar refractivity (Wildman–Crippen MR) is 89.1 cm³/mol. The summed E-state index contributed by atoms with van der Waals surface area (Å²) in [5.41, 5.74) is -1.21. The Morgan fingerprint density at radius 3 is 2.75 bits per heavy atom. The minimum absolute atomic E-state index is 0.0140. The van der Waals surface area contributed by atoms with Crippen LogP contribution in [0.3, 0.4) is 0 Å². The van der Waals surface area contributed by atoms with Crippen molar-refractivity contribution in [3.05, 3.63) is 28.8 Å². The number of halogens is 4. The lowest BCUT2D eigenvalue weighted by Gasteiger charge is -2.22. The number of alkyl halides is 3. The van der Waals surface area contributed by atoms with Gasteiger partial charge in [-0.1, -0.05) is 11.6 Å². The number of esters is 2. The molecule has 1 aromatic rings. The van der Waals surface area contributed by atoms with E-state index in [1.54, 1.807) is 0 Å². The molecule has 0 spiro atoms. The average Bonchev–Trinajstić information content (AvgIpc) is 3.22. The molecular weight excluding hydrogens is 403 g/mol. The molecule has 0 aromatic heterocycles. The second-order valence-electron chi connectivity index (χ2n) is 7.27. The molecule has 28 heavy (non-hydrogen) atoms. The molecule has 1 aliphatic heterocycles. The zero-order chi connectivity index (χ0) is 20.2. The Morgan fingerprint density at radius 1 is 1.29 bits per heavy atom. The number of hydrogen-bond acceptors (Lipinski definition) is 5. The summed E-state index contributed by atoms with van der Waals surface area (Å²) < 4.78 is 48.6. The van der Waals surface area contributed by atoms with Crippen LogP contribution in [0, 0.1) is 23.7 Å². The fraction of sp³-hybridized carbons (Fsp3) is 0.500. The van der Waals surface area contributed by atoms with Gasteiger partial charge in [-0.3, -0.25) is 14.4 Å². The minimum atomic E-state index is -4.59. The van der Waals surface area contributed by atoms with Gasteiger partial charge in [0.1, 0.15) is 6.10 Å². The number of hydrogen-bond donors (Lipinski definition) is 1. The van der Waals surface area contributed by atoms with Gasteiger partial charge in [0.05, 0.1) is 28.1 Å². The largest absolute Gasteiger partial charge is 0.462 e. The van der Waals surface area contributed by atoms with E-state index in [1.165, 1.54) is 0 Å². The number of nitrogens with one attached hydrogen (secondary N) is 1. The fourth-order valence-electron chi connectivity index (χ4n) is 4.54. The van der Waals surface area contributed by atoms with E-state index in [9.17, 15) is 27.6 Å². The zero-order valence-corrected chi connectivity index (χ0v) is 15.0. The highest BCUT2D eigenvalue weighted by atomic mass is 35.5. The summed E-state index contributed by atoms with van der Waals surface area (Å²) in [6, 6.07) is 2.51. The van der Waals surface area contributed by atoms with Crippen LogP contribution >= 0.6 is 11.6 Å². The molecular formula is C18H15ClF3NO5. The molecule has 4 rings (SSSR count). The highest BCUT2D eigenvalue weighted by molar-refractivity contribution is 6.33. The number of carbonyl (C=O) groups excluding carboxylic acids is 3. The van der Waals surface area contributed by atoms with Crippen LogP contribution < -0.4 is 5.32 Å². The van der Waals surface area contributed by atoms with Gasteiger partial charge in [0.2, 0.25) is 0 Å². The molecule has 0 radical (unpaired) electrons. The van der Waals surface area contributed by atoms with Gasteiger partial charge in [0.15, 0.2) is 6.61 Å². The number of benzene rings is 1. The summed E-state index contributed by atoms with van der Waals surface area (Å²) in [5.74, 6) is -3.06. The van der Waals surface area contributed by atoms with E-state index < -0.39 is 48.0 Å². The van der Waals surface area contributed by atoms with Gasteiger partial charge in [-0.25, -0.2) is 0 Å². The van der Waals surface area contributed by atoms with Crippen LogP contribution in [0.4, 0.5) is 18.9 Å². The molecule has 1 heterocycles. The molecule has 5 atom stereocenters. The van der Waals surface area contributed by atoms with E-state index in [0.717, 1.165) is 12.1 Å². The molecule has 2 saturated carbocycles. The Balaban J connectivity index is 1.37. The number of rotatable bonds is 4. The maximum atomic E-state index is 12.8. The number of ether oxygens (including phenoxy) is 2. The third-order valence-corrected chi connectivity index (χ3v) is 6.00. The standard InChI is InChI=1S/C18H15ClF3NO5/c19-10-2-1-8(18(20,21)22)5-11(10)23-13(24)6-27-16(25)14-7-3-9-12(4-7)28-17(26)15(9)14/h1-2,5,7,9,12,14-15H,3-4,6H2,(H,23,24)/t7-,9-,12+,14+,15-/m0/s1. The first kappa shape index (κ1) is 19.0. The van der Waals surface area contributed by atoms with E-state index in [2.05, 4.69) is 5.32 Å². The molecule has 3 fully saturated rings. The Labute approximate surface area is 162 Å². The topological polar surface area (TPSA) is 81.7 Å². The lowest BCUT2D eigenvalue weighted by molar-refractivity contribution is -0.157. The monoisotopic (exact) mass is 417 g/mol. The summed E-state index contributed by atoms with van der Waals surface area (Å²) in [6.45, 7) is -0.690. The van der Waals surface area contributed by atoms with Crippen molar-refractivity contribution in [3.8, 4) is 0 Å². The normalized spacial score (nSPS) is 30.3. The highest BCUT2D eigenvalue weighted by Crippen LogP contribution is 2.57. The van der Waals surface area contributed by atoms with Crippen molar-refractivity contribution in [1.82, 2.24) is 0 Å². The SMILES string of the molecule is O=C(COC(=O)[C@@H]1[C@H]2C[C@@H]3[C@@H]1C(=O)O[C@@H]3C2)Nc1cc(C(F)(F)F)ccc1Cl. The molecule has 150 valence electrons. The third-order valence-electron chi connectivity index (χ3n) is 5.67. The molecule has 1 aromatic carbocycles. The van der Waals surface area contributed by atoms with E-state index in [4.69, 9.17) is 21.1 Å². The van der Waals surface area contributed by atoms with Crippen molar-refractivity contribution in [3.63, 3.8) is 0 Å². The van der Waals surface area contributed by atoms with Gasteiger partial charge in [-0.15, -0.1) is 0 Å². The average molecular weight is 418 g/mol. The highest BCUT2D eigenvalue weighted by Gasteiger charge is 2.64. The predicted octanol–water partition coefficient (Wildman–Crippen LogP) is 3.04. The van der Waals surface area contributed by atoms with Gasteiger partial charge < -0.3 is 14.8 Å². The smallest absolute Gasteiger partial charge is 0.416 e. The maximum absolute atomic E-state index is 12.8. The molecule has 2 bridgehead atoms. The summed E-state index contributed by atoms with van der Waals surface area (Å²) in [7, 11) is 0. The van der Waals surface area contributed by atoms with Crippen molar-refractivity contribution in [2.75, 3.05) is 11.9 Å². The minimum Gasteiger partial charge on any atom is -0.462 e. The first-order valence-corrected chi connectivity index (χ1v) is 9.06. The summed E-state index contributed by atoms with van der Waals surface area (Å²) in [4.78, 5) is 36.3. The molecule has 10 heteroatoms. The van der Waals surface area contributed by atoms with Gasteiger partial charge >= 0.3 is 18.1 Å². The molecule has 0 unspecified atom stereocenters. The van der Waals surface area contributed by atoms with Crippen LogP contribution in [0.15, 0.2) is 18.2 Å². The number of amides is 1. The van der Waals surface area contributed by atoms with Crippen molar-refractivity contribution >= 4 is 35.1 Å². The van der Waals surface area contributed by atoms with Crippen molar-refractivity contribution in [2.24, 2.45) is 23.7 Å². The third kappa shape index (κ3) is 3.21. The summed E-state index contributed by atoms with van der Waals surface area (Å²) >= 11 is 5.82. The van der Waals surface area contributed by atoms with E-state index in [0.29, 0.717) is 18.9 Å². The van der Waals surface area contributed by atoms with Crippen LogP contribution in [0.5, 0.6) is 0 Å². The van der Waals surface area contributed by atoms with Gasteiger partial charge in [-0.05, 0) is 37.0 Å². The van der Waals surface area contributed by atoms with Crippen LogP contribution in [-0.2, 0) is 30.0 Å². The van der Waals surface area contributed by atoms with E-state index >= 15 is 0 Å². The van der Waals surface area contributed by atoms with Gasteiger partial charge in [0.25, 0.3) is 5.91 Å². The second-order valence-corrected chi connectivity index (χ2v) is 7.68. The molecule has 3 aliphatic rings. The molecule has 2 aliphatic carbocycles. The van der Waals surface area contributed by atoms with Crippen molar-refractivity contribution in [2.45, 2.75) is 25.1 Å².